The first kappa shape index (κ1) is 14.7. The van der Waals surface area contributed by atoms with Gasteiger partial charge in [-0.3, -0.25) is 10.1 Å². The maximum absolute atomic E-state index is 10.9. The molecular formula is C14H13ClN2O2S. The van der Waals surface area contributed by atoms with Crippen molar-refractivity contribution in [3.8, 4) is 0 Å². The third kappa shape index (κ3) is 3.23. The normalized spacial score (nSPS) is 10.5. The summed E-state index contributed by atoms with van der Waals surface area (Å²) in [6.45, 7) is 0. The fourth-order valence-electron chi connectivity index (χ4n) is 1.92. The first-order chi connectivity index (χ1) is 9.51. The van der Waals surface area contributed by atoms with Gasteiger partial charge in [0.15, 0.2) is 0 Å². The van der Waals surface area contributed by atoms with E-state index in [2.05, 4.69) is 0 Å². The van der Waals surface area contributed by atoms with Crippen LogP contribution >= 0.6 is 23.4 Å². The Morgan fingerprint density at radius 2 is 1.95 bits per heavy atom. The van der Waals surface area contributed by atoms with Crippen LogP contribution in [-0.2, 0) is 6.42 Å². The highest BCUT2D eigenvalue weighted by Gasteiger charge is 2.16. The van der Waals surface area contributed by atoms with Crippen LogP contribution in [0.25, 0.3) is 0 Å². The van der Waals surface area contributed by atoms with E-state index in [1.165, 1.54) is 11.0 Å². The Labute approximate surface area is 126 Å². The number of nitrogens with two attached hydrogens (primary N) is 1. The molecule has 104 valence electrons. The highest BCUT2D eigenvalue weighted by Crippen LogP contribution is 2.31. The van der Waals surface area contributed by atoms with Crippen molar-refractivity contribution >= 4 is 34.7 Å². The maximum Gasteiger partial charge on any atom is 0.293 e. The van der Waals surface area contributed by atoms with Crippen molar-refractivity contribution in [2.24, 2.45) is 0 Å². The fourth-order valence-corrected chi connectivity index (χ4v) is 2.56. The molecule has 0 saturated carbocycles. The summed E-state index contributed by atoms with van der Waals surface area (Å²) in [5.74, 6) is 0. The summed E-state index contributed by atoms with van der Waals surface area (Å²) in [7, 11) is 0. The van der Waals surface area contributed by atoms with Crippen molar-refractivity contribution in [1.82, 2.24) is 0 Å². The van der Waals surface area contributed by atoms with Gasteiger partial charge in [-0.2, -0.15) is 0 Å². The molecule has 0 aliphatic heterocycles. The number of rotatable bonds is 4. The van der Waals surface area contributed by atoms with Crippen molar-refractivity contribution in [2.75, 3.05) is 12.0 Å². The topological polar surface area (TPSA) is 69.2 Å². The monoisotopic (exact) mass is 308 g/mol. The largest absolute Gasteiger partial charge is 0.393 e. The number of nitrogens with zero attached hydrogens (tertiary/aromatic N) is 1. The number of thioether (sulfide) groups is 1. The minimum atomic E-state index is -0.512. The zero-order valence-corrected chi connectivity index (χ0v) is 12.4. The van der Waals surface area contributed by atoms with Crippen LogP contribution in [0.15, 0.2) is 41.3 Å². The lowest BCUT2D eigenvalue weighted by Crippen LogP contribution is -2.01. The second-order valence-corrected chi connectivity index (χ2v) is 5.60. The van der Waals surface area contributed by atoms with Gasteiger partial charge >= 0.3 is 0 Å². The van der Waals surface area contributed by atoms with Crippen molar-refractivity contribution in [1.29, 1.82) is 0 Å². The lowest BCUT2D eigenvalue weighted by molar-refractivity contribution is -0.383. The fraction of sp³-hybridized carbons (Fsp3) is 0.143. The molecule has 0 fully saturated rings. The Kier molecular flexibility index (Phi) is 4.52. The van der Waals surface area contributed by atoms with Gasteiger partial charge in [0.2, 0.25) is 0 Å². The van der Waals surface area contributed by atoms with Gasteiger partial charge in [0.25, 0.3) is 5.69 Å². The van der Waals surface area contributed by atoms with E-state index in [1.54, 1.807) is 17.8 Å². The molecule has 0 heterocycles. The molecular weight excluding hydrogens is 296 g/mol. The predicted octanol–water partition coefficient (Wildman–Crippen LogP) is 4.14. The molecule has 20 heavy (non-hydrogen) atoms. The van der Waals surface area contributed by atoms with Crippen LogP contribution in [0.4, 0.5) is 11.4 Å². The summed E-state index contributed by atoms with van der Waals surface area (Å²) in [4.78, 5) is 11.6. The van der Waals surface area contributed by atoms with E-state index in [4.69, 9.17) is 17.3 Å². The van der Waals surface area contributed by atoms with Crippen LogP contribution in [0.1, 0.15) is 11.1 Å². The number of benzene rings is 2. The maximum atomic E-state index is 10.9. The van der Waals surface area contributed by atoms with Gasteiger partial charge in [-0.25, -0.2) is 0 Å². The first-order valence-electron chi connectivity index (χ1n) is 5.86. The molecule has 0 aliphatic carbocycles. The van der Waals surface area contributed by atoms with Crippen molar-refractivity contribution in [3.05, 3.63) is 62.7 Å². The Balaban J connectivity index is 2.35. The third-order valence-electron chi connectivity index (χ3n) is 2.96. The van der Waals surface area contributed by atoms with E-state index in [1.807, 2.05) is 30.5 Å². The zero-order chi connectivity index (χ0) is 14.7. The van der Waals surface area contributed by atoms with E-state index in [0.29, 0.717) is 17.0 Å². The van der Waals surface area contributed by atoms with Crippen LogP contribution in [0.5, 0.6) is 0 Å². The number of nitro groups is 1. The minimum absolute atomic E-state index is 0.145. The molecule has 0 aromatic heterocycles. The zero-order valence-electron chi connectivity index (χ0n) is 10.8. The number of hydrogen-bond acceptors (Lipinski definition) is 4. The summed E-state index contributed by atoms with van der Waals surface area (Å²) in [6.07, 6.45) is 2.52. The number of hydrogen-bond donors (Lipinski definition) is 1. The summed E-state index contributed by atoms with van der Waals surface area (Å²) >= 11 is 7.58. The Hall–Kier alpha value is -1.72. The lowest BCUT2D eigenvalue weighted by atomic mass is 10.0. The average Bonchev–Trinajstić information content (AvgIpc) is 2.43. The summed E-state index contributed by atoms with van der Waals surface area (Å²) < 4.78 is 0. The van der Waals surface area contributed by atoms with Gasteiger partial charge in [-0.05, 0) is 42.0 Å². The van der Waals surface area contributed by atoms with Crippen molar-refractivity contribution < 1.29 is 4.92 Å². The third-order valence-corrected chi connectivity index (χ3v) is 3.92. The van der Waals surface area contributed by atoms with Crippen LogP contribution in [0, 0.1) is 10.1 Å². The SMILES string of the molecule is CSc1ccc(Cc2cc(Cl)cc([N+](=O)[O-])c2N)cc1. The molecule has 6 heteroatoms. The van der Waals surface area contributed by atoms with Crippen LogP contribution in [-0.4, -0.2) is 11.2 Å². The van der Waals surface area contributed by atoms with Gasteiger partial charge in [0.05, 0.1) is 4.92 Å². The molecule has 0 radical (unpaired) electrons. The summed E-state index contributed by atoms with van der Waals surface area (Å²) in [5.41, 5.74) is 7.58. The molecule has 0 amide bonds. The molecule has 0 aliphatic rings. The number of anilines is 1. The van der Waals surface area contributed by atoms with Crippen LogP contribution in [0.2, 0.25) is 5.02 Å². The number of halogens is 1. The molecule has 2 rings (SSSR count). The van der Waals surface area contributed by atoms with Gasteiger partial charge in [-0.1, -0.05) is 23.7 Å². The van der Waals surface area contributed by atoms with Gasteiger partial charge in [-0.15, -0.1) is 11.8 Å². The Morgan fingerprint density at radius 3 is 2.50 bits per heavy atom. The second kappa shape index (κ2) is 6.15. The van der Waals surface area contributed by atoms with Crippen molar-refractivity contribution in [3.63, 3.8) is 0 Å². The standard InChI is InChI=1S/C14H13ClN2O2S/c1-20-12-4-2-9(3-5-12)6-10-7-11(15)8-13(14(10)16)17(18)19/h2-5,7-8H,6,16H2,1H3. The highest BCUT2D eigenvalue weighted by atomic mass is 35.5. The molecule has 0 atom stereocenters. The van der Waals surface area contributed by atoms with Gasteiger partial charge in [0.1, 0.15) is 5.69 Å². The molecule has 0 spiro atoms. The Bertz CT molecular complexity index is 644. The predicted molar refractivity (Wildman–Crippen MR) is 83.5 cm³/mol. The molecule has 0 saturated heterocycles. The molecule has 2 aromatic carbocycles. The quantitative estimate of drug-likeness (QED) is 0.399. The van der Waals surface area contributed by atoms with E-state index >= 15 is 0 Å². The van der Waals surface area contributed by atoms with Gasteiger partial charge in [0, 0.05) is 16.0 Å². The molecule has 0 bridgehead atoms. The summed E-state index contributed by atoms with van der Waals surface area (Å²) in [6, 6.07) is 10.9. The van der Waals surface area contributed by atoms with E-state index in [0.717, 1.165) is 5.56 Å². The molecule has 2 aromatic rings. The minimum Gasteiger partial charge on any atom is -0.393 e. The lowest BCUT2D eigenvalue weighted by Gasteiger charge is -2.08. The smallest absolute Gasteiger partial charge is 0.293 e. The average molecular weight is 309 g/mol. The highest BCUT2D eigenvalue weighted by molar-refractivity contribution is 7.98. The summed E-state index contributed by atoms with van der Waals surface area (Å²) in [5, 5.41) is 11.2. The Morgan fingerprint density at radius 1 is 1.30 bits per heavy atom. The second-order valence-electron chi connectivity index (χ2n) is 4.28. The first-order valence-corrected chi connectivity index (χ1v) is 7.46. The van der Waals surface area contributed by atoms with E-state index < -0.39 is 4.92 Å². The molecule has 0 unspecified atom stereocenters. The van der Waals surface area contributed by atoms with E-state index in [9.17, 15) is 10.1 Å². The van der Waals surface area contributed by atoms with E-state index in [-0.39, 0.29) is 11.4 Å². The van der Waals surface area contributed by atoms with Crippen LogP contribution < -0.4 is 5.73 Å². The van der Waals surface area contributed by atoms with Crippen LogP contribution in [0.3, 0.4) is 0 Å². The van der Waals surface area contributed by atoms with Gasteiger partial charge < -0.3 is 5.73 Å². The number of nitro benzene ring substituents is 1. The molecule has 4 nitrogen and oxygen atoms in total. The number of nitrogen functional groups attached to an aromatic ring is 1. The molecule has 2 N–H and O–H groups in total. The van der Waals surface area contributed by atoms with Crippen molar-refractivity contribution in [2.45, 2.75) is 11.3 Å².